The Labute approximate surface area is 210 Å². The van der Waals surface area contributed by atoms with Gasteiger partial charge in [-0.2, -0.15) is 0 Å². The number of benzene rings is 3. The second-order valence-electron chi connectivity index (χ2n) is 7.44. The van der Waals surface area contributed by atoms with Crippen LogP contribution in [0.15, 0.2) is 96.4 Å². The van der Waals surface area contributed by atoms with Gasteiger partial charge in [0.2, 0.25) is 0 Å². The number of carbonyl (C=O) groups excluding carboxylic acids is 1. The van der Waals surface area contributed by atoms with Crippen LogP contribution in [0.4, 0.5) is 27.1 Å². The van der Waals surface area contributed by atoms with Gasteiger partial charge in [0.25, 0.3) is 0 Å². The lowest BCUT2D eigenvalue weighted by Gasteiger charge is -2.12. The zero-order valence-electron chi connectivity index (χ0n) is 18.3. The number of carbonyl (C=O) groups is 1. The highest BCUT2D eigenvalue weighted by molar-refractivity contribution is 7.14. The van der Waals surface area contributed by atoms with Crippen LogP contribution < -0.4 is 16.0 Å². The molecule has 3 aromatic carbocycles. The molecule has 0 fully saturated rings. The lowest BCUT2D eigenvalue weighted by molar-refractivity contribution is 0.262. The molecule has 0 bridgehead atoms. The molecule has 0 aliphatic heterocycles. The molecular weight excluding hydrogens is 480 g/mol. The maximum absolute atomic E-state index is 12.6. The summed E-state index contributed by atoms with van der Waals surface area (Å²) in [7, 11) is 0. The Hall–Kier alpha value is -4.27. The predicted molar refractivity (Wildman–Crippen MR) is 142 cm³/mol. The molecule has 5 rings (SSSR count). The van der Waals surface area contributed by atoms with Gasteiger partial charge in [0, 0.05) is 21.5 Å². The molecule has 2 amide bonds. The van der Waals surface area contributed by atoms with Crippen LogP contribution in [-0.2, 0) is 0 Å². The Balaban J connectivity index is 1.26. The smallest absolute Gasteiger partial charge is 0.324 e. The number of para-hydroxylation sites is 2. The van der Waals surface area contributed by atoms with Crippen molar-refractivity contribution in [3.8, 4) is 22.5 Å². The minimum absolute atomic E-state index is 0.344. The zero-order chi connectivity index (χ0) is 24.0. The number of urea groups is 1. The van der Waals surface area contributed by atoms with Crippen LogP contribution in [0.2, 0.25) is 5.02 Å². The molecule has 3 N–H and O–H groups in total. The number of rotatable bonds is 6. The van der Waals surface area contributed by atoms with E-state index in [1.807, 2.05) is 84.2 Å². The Morgan fingerprint density at radius 2 is 1.49 bits per heavy atom. The summed E-state index contributed by atoms with van der Waals surface area (Å²) >= 11 is 7.75. The minimum Gasteiger partial charge on any atom is -0.330 e. The average Bonchev–Trinajstić information content (AvgIpc) is 3.35. The number of nitrogens with one attached hydrogen (secondary N) is 3. The van der Waals surface area contributed by atoms with E-state index in [-0.39, 0.29) is 0 Å². The second kappa shape index (κ2) is 10.3. The van der Waals surface area contributed by atoms with Gasteiger partial charge in [-0.1, -0.05) is 72.3 Å². The molecule has 5 aromatic rings. The van der Waals surface area contributed by atoms with Crippen LogP contribution in [0.25, 0.3) is 22.5 Å². The van der Waals surface area contributed by atoms with Gasteiger partial charge in [0.1, 0.15) is 0 Å². The standard InChI is InChI=1S/C26H19ClN6OS/c27-19-11-5-4-10-18(19)23-16-35-26(30-23)29-22-13-7-6-12-21(22)28-25(34)31-24-15-14-20(32-33-24)17-8-2-1-3-9-17/h1-16H,(H,29,30)(H2,28,31,33,34). The molecule has 2 heterocycles. The third-order valence-electron chi connectivity index (χ3n) is 5.05. The second-order valence-corrected chi connectivity index (χ2v) is 8.70. The summed E-state index contributed by atoms with van der Waals surface area (Å²) in [6.07, 6.45) is 0. The fraction of sp³-hybridized carbons (Fsp3) is 0. The maximum atomic E-state index is 12.6. The van der Waals surface area contributed by atoms with Gasteiger partial charge < -0.3 is 10.6 Å². The van der Waals surface area contributed by atoms with Crippen molar-refractivity contribution in [1.29, 1.82) is 0 Å². The minimum atomic E-state index is -0.433. The van der Waals surface area contributed by atoms with E-state index >= 15 is 0 Å². The molecule has 0 radical (unpaired) electrons. The molecule has 7 nitrogen and oxygen atoms in total. The summed E-state index contributed by atoms with van der Waals surface area (Å²) in [6, 6.07) is 27.8. The molecule has 35 heavy (non-hydrogen) atoms. The van der Waals surface area contributed by atoms with E-state index in [2.05, 4.69) is 31.1 Å². The van der Waals surface area contributed by atoms with E-state index in [0.29, 0.717) is 27.3 Å². The fourth-order valence-corrected chi connectivity index (χ4v) is 4.33. The lowest BCUT2D eigenvalue weighted by atomic mass is 10.1. The van der Waals surface area contributed by atoms with Crippen LogP contribution in [0.3, 0.4) is 0 Å². The highest BCUT2D eigenvalue weighted by Gasteiger charge is 2.12. The maximum Gasteiger partial charge on any atom is 0.324 e. The number of thiazole rings is 1. The molecule has 0 aliphatic carbocycles. The Kier molecular flexibility index (Phi) is 6.65. The van der Waals surface area contributed by atoms with E-state index in [9.17, 15) is 4.79 Å². The average molecular weight is 499 g/mol. The number of hydrogen-bond donors (Lipinski definition) is 3. The molecule has 0 unspecified atom stereocenters. The molecule has 0 saturated carbocycles. The Morgan fingerprint density at radius 1 is 0.743 bits per heavy atom. The van der Waals surface area contributed by atoms with E-state index in [1.54, 1.807) is 12.1 Å². The van der Waals surface area contributed by atoms with Crippen molar-refractivity contribution in [3.63, 3.8) is 0 Å². The first-order valence-corrected chi connectivity index (χ1v) is 11.9. The van der Waals surface area contributed by atoms with Crippen LogP contribution in [-0.4, -0.2) is 21.2 Å². The van der Waals surface area contributed by atoms with Crippen molar-refractivity contribution in [1.82, 2.24) is 15.2 Å². The summed E-state index contributed by atoms with van der Waals surface area (Å²) in [5.74, 6) is 0.344. The van der Waals surface area contributed by atoms with Crippen molar-refractivity contribution in [2.75, 3.05) is 16.0 Å². The summed E-state index contributed by atoms with van der Waals surface area (Å²) in [5.41, 5.74) is 4.62. The van der Waals surface area contributed by atoms with Crippen molar-refractivity contribution in [2.24, 2.45) is 0 Å². The third kappa shape index (κ3) is 5.46. The van der Waals surface area contributed by atoms with Crippen molar-refractivity contribution >= 4 is 51.3 Å². The molecule has 2 aromatic heterocycles. The van der Waals surface area contributed by atoms with Gasteiger partial charge in [-0.25, -0.2) is 9.78 Å². The molecule has 0 saturated heterocycles. The van der Waals surface area contributed by atoms with E-state index < -0.39 is 6.03 Å². The van der Waals surface area contributed by atoms with Gasteiger partial charge in [0.15, 0.2) is 10.9 Å². The van der Waals surface area contributed by atoms with E-state index in [0.717, 1.165) is 22.5 Å². The van der Waals surface area contributed by atoms with E-state index in [4.69, 9.17) is 11.6 Å². The molecule has 0 atom stereocenters. The van der Waals surface area contributed by atoms with Crippen LogP contribution >= 0.6 is 22.9 Å². The van der Waals surface area contributed by atoms with Crippen molar-refractivity contribution in [3.05, 3.63) is 101 Å². The summed E-state index contributed by atoms with van der Waals surface area (Å²) in [5, 5.41) is 20.4. The number of amides is 2. The van der Waals surface area contributed by atoms with Crippen LogP contribution in [0, 0.1) is 0 Å². The molecule has 172 valence electrons. The quantitative estimate of drug-likeness (QED) is 0.228. The molecule has 0 aliphatic rings. The van der Waals surface area contributed by atoms with Crippen LogP contribution in [0.5, 0.6) is 0 Å². The third-order valence-corrected chi connectivity index (χ3v) is 6.13. The SMILES string of the molecule is O=C(Nc1ccc(-c2ccccc2)nn1)Nc1ccccc1Nc1nc(-c2ccccc2Cl)cs1. The van der Waals surface area contributed by atoms with Crippen molar-refractivity contribution in [2.45, 2.75) is 0 Å². The number of halogens is 1. The normalized spacial score (nSPS) is 10.5. The highest BCUT2D eigenvalue weighted by Crippen LogP contribution is 2.33. The largest absolute Gasteiger partial charge is 0.330 e. The number of hydrogen-bond acceptors (Lipinski definition) is 6. The first-order chi connectivity index (χ1) is 17.2. The summed E-state index contributed by atoms with van der Waals surface area (Å²) in [6.45, 7) is 0. The summed E-state index contributed by atoms with van der Waals surface area (Å²) in [4.78, 5) is 17.3. The fourth-order valence-electron chi connectivity index (χ4n) is 3.37. The first kappa shape index (κ1) is 22.5. The molecule has 0 spiro atoms. The van der Waals surface area contributed by atoms with Gasteiger partial charge >= 0.3 is 6.03 Å². The Bertz CT molecular complexity index is 1460. The van der Waals surface area contributed by atoms with Crippen molar-refractivity contribution < 1.29 is 4.79 Å². The lowest BCUT2D eigenvalue weighted by Crippen LogP contribution is -2.20. The molecular formula is C26H19ClN6OS. The summed E-state index contributed by atoms with van der Waals surface area (Å²) < 4.78 is 0. The topological polar surface area (TPSA) is 91.8 Å². The van der Waals surface area contributed by atoms with Crippen LogP contribution in [0.1, 0.15) is 0 Å². The van der Waals surface area contributed by atoms with Gasteiger partial charge in [-0.15, -0.1) is 21.5 Å². The first-order valence-electron chi connectivity index (χ1n) is 10.7. The zero-order valence-corrected chi connectivity index (χ0v) is 19.8. The number of anilines is 4. The predicted octanol–water partition coefficient (Wildman–Crippen LogP) is 7.31. The number of nitrogens with zero attached hydrogens (tertiary/aromatic N) is 3. The highest BCUT2D eigenvalue weighted by atomic mass is 35.5. The van der Waals surface area contributed by atoms with Gasteiger partial charge in [-0.3, -0.25) is 5.32 Å². The molecule has 9 heteroatoms. The van der Waals surface area contributed by atoms with E-state index in [1.165, 1.54) is 11.3 Å². The van der Waals surface area contributed by atoms with Gasteiger partial charge in [0.05, 0.1) is 22.8 Å². The van der Waals surface area contributed by atoms with Gasteiger partial charge in [-0.05, 0) is 30.3 Å². The number of aromatic nitrogens is 3. The Morgan fingerprint density at radius 3 is 2.26 bits per heavy atom. The monoisotopic (exact) mass is 498 g/mol.